The lowest BCUT2D eigenvalue weighted by molar-refractivity contribution is -0.383. The molecule has 0 aliphatic carbocycles. The lowest BCUT2D eigenvalue weighted by Gasteiger charge is -2.26. The van der Waals surface area contributed by atoms with E-state index in [9.17, 15) is 10.1 Å². The minimum absolute atomic E-state index is 0.155. The van der Waals surface area contributed by atoms with Gasteiger partial charge in [-0.05, 0) is 53.8 Å². The third-order valence-electron chi connectivity index (χ3n) is 7.17. The predicted molar refractivity (Wildman–Crippen MR) is 164 cm³/mol. The van der Waals surface area contributed by atoms with E-state index in [-0.39, 0.29) is 17.2 Å². The SMILES string of the molecule is CCCCCc1nc(N(Cc2ccc(OC)cc2)Cc2ccc(OC)cc2)c([N+](=O)[O-])c(N)c1Cc1ccccc1. The number of aryl methyl sites for hydroxylation is 1. The molecule has 1 aromatic heterocycles. The van der Waals surface area contributed by atoms with Gasteiger partial charge < -0.3 is 20.1 Å². The first-order valence-electron chi connectivity index (χ1n) is 13.9. The monoisotopic (exact) mass is 554 g/mol. The highest BCUT2D eigenvalue weighted by Gasteiger charge is 2.30. The van der Waals surface area contributed by atoms with Gasteiger partial charge in [-0.1, -0.05) is 74.4 Å². The van der Waals surface area contributed by atoms with Crippen molar-refractivity contribution in [3.63, 3.8) is 0 Å². The minimum atomic E-state index is -0.392. The average molecular weight is 555 g/mol. The van der Waals surface area contributed by atoms with Crippen LogP contribution in [0.2, 0.25) is 0 Å². The summed E-state index contributed by atoms with van der Waals surface area (Å²) in [4.78, 5) is 19.2. The maximum absolute atomic E-state index is 12.6. The van der Waals surface area contributed by atoms with E-state index in [0.29, 0.717) is 25.9 Å². The Hall–Kier alpha value is -4.59. The lowest BCUT2D eigenvalue weighted by atomic mass is 9.97. The summed E-state index contributed by atoms with van der Waals surface area (Å²) in [7, 11) is 3.25. The Morgan fingerprint density at radius 2 is 1.39 bits per heavy atom. The van der Waals surface area contributed by atoms with E-state index < -0.39 is 4.92 Å². The number of methoxy groups -OCH3 is 2. The number of hydrogen-bond donors (Lipinski definition) is 1. The van der Waals surface area contributed by atoms with Crippen molar-refractivity contribution >= 4 is 17.2 Å². The molecule has 0 atom stereocenters. The van der Waals surface area contributed by atoms with Gasteiger partial charge in [0, 0.05) is 30.8 Å². The summed E-state index contributed by atoms with van der Waals surface area (Å²) < 4.78 is 10.6. The van der Waals surface area contributed by atoms with Crippen LogP contribution < -0.4 is 20.1 Å². The number of anilines is 2. The Balaban J connectivity index is 1.84. The van der Waals surface area contributed by atoms with Crippen molar-refractivity contribution in [3.8, 4) is 11.5 Å². The summed E-state index contributed by atoms with van der Waals surface area (Å²) in [6.45, 7) is 2.95. The molecule has 3 aromatic carbocycles. The number of nitrogens with zero attached hydrogens (tertiary/aromatic N) is 3. The number of nitrogens with two attached hydrogens (primary N) is 1. The molecule has 0 aliphatic heterocycles. The standard InChI is InChI=1S/C33H38N4O4/c1-4-5-7-12-30-29(21-24-10-8-6-9-11-24)31(34)32(37(38)39)33(35-30)36(22-25-13-17-27(40-2)18-14-25)23-26-15-19-28(41-3)20-16-26/h6,8-11,13-20H,4-5,7,12,21-23H2,1-3H3,(H2,34,35). The molecule has 0 unspecified atom stereocenters. The van der Waals surface area contributed by atoms with E-state index in [1.807, 2.05) is 83.8 Å². The Morgan fingerprint density at radius 3 is 1.88 bits per heavy atom. The molecule has 1 heterocycles. The largest absolute Gasteiger partial charge is 0.497 e. The molecule has 0 fully saturated rings. The van der Waals surface area contributed by atoms with Gasteiger partial charge in [-0.3, -0.25) is 10.1 Å². The highest BCUT2D eigenvalue weighted by molar-refractivity contribution is 5.76. The lowest BCUT2D eigenvalue weighted by Crippen LogP contribution is -2.26. The molecule has 0 bridgehead atoms. The van der Waals surface area contributed by atoms with Gasteiger partial charge >= 0.3 is 5.69 Å². The fraction of sp³-hybridized carbons (Fsp3) is 0.303. The number of rotatable bonds is 14. The Labute approximate surface area is 241 Å². The van der Waals surface area contributed by atoms with Crippen molar-refractivity contribution in [1.29, 1.82) is 0 Å². The van der Waals surface area contributed by atoms with Crippen molar-refractivity contribution in [3.05, 3.63) is 117 Å². The van der Waals surface area contributed by atoms with Crippen molar-refractivity contribution in [2.75, 3.05) is 24.9 Å². The van der Waals surface area contributed by atoms with Crippen LogP contribution in [0.25, 0.3) is 0 Å². The summed E-state index contributed by atoms with van der Waals surface area (Å²) in [5.74, 6) is 1.77. The summed E-state index contributed by atoms with van der Waals surface area (Å²) >= 11 is 0. The van der Waals surface area contributed by atoms with Gasteiger partial charge in [-0.15, -0.1) is 0 Å². The highest BCUT2D eigenvalue weighted by Crippen LogP contribution is 2.39. The van der Waals surface area contributed by atoms with Crippen molar-refractivity contribution in [2.45, 2.75) is 52.1 Å². The molecular formula is C33H38N4O4. The molecule has 0 radical (unpaired) electrons. The second-order valence-corrected chi connectivity index (χ2v) is 10.1. The van der Waals surface area contributed by atoms with Crippen molar-refractivity contribution < 1.29 is 14.4 Å². The summed E-state index contributed by atoms with van der Waals surface area (Å²) in [5, 5.41) is 12.6. The number of hydrogen-bond acceptors (Lipinski definition) is 7. The molecule has 0 saturated carbocycles. The van der Waals surface area contributed by atoms with Crippen LogP contribution in [0.5, 0.6) is 11.5 Å². The van der Waals surface area contributed by atoms with Gasteiger partial charge in [0.2, 0.25) is 5.82 Å². The van der Waals surface area contributed by atoms with Gasteiger partial charge in [-0.25, -0.2) is 4.98 Å². The molecule has 8 heteroatoms. The second-order valence-electron chi connectivity index (χ2n) is 10.1. The average Bonchev–Trinajstić information content (AvgIpc) is 2.99. The number of aromatic nitrogens is 1. The van der Waals surface area contributed by atoms with Gasteiger partial charge in [0.15, 0.2) is 0 Å². The first-order chi connectivity index (χ1) is 19.9. The van der Waals surface area contributed by atoms with Crippen LogP contribution in [-0.4, -0.2) is 24.1 Å². The molecule has 2 N–H and O–H groups in total. The van der Waals surface area contributed by atoms with Crippen LogP contribution in [-0.2, 0) is 25.9 Å². The number of benzene rings is 3. The summed E-state index contributed by atoms with van der Waals surface area (Å²) in [5.41, 5.74) is 11.2. The summed E-state index contributed by atoms with van der Waals surface area (Å²) in [6, 6.07) is 25.3. The van der Waals surface area contributed by atoms with E-state index in [1.54, 1.807) is 14.2 Å². The van der Waals surface area contributed by atoms with E-state index >= 15 is 0 Å². The molecule has 0 spiro atoms. The Morgan fingerprint density at radius 1 is 0.829 bits per heavy atom. The molecule has 4 aromatic rings. The van der Waals surface area contributed by atoms with E-state index in [4.69, 9.17) is 20.2 Å². The maximum atomic E-state index is 12.6. The third-order valence-corrected chi connectivity index (χ3v) is 7.17. The molecular weight excluding hydrogens is 516 g/mol. The van der Waals surface area contributed by atoms with Gasteiger partial charge in [-0.2, -0.15) is 0 Å². The second kappa shape index (κ2) is 14.2. The predicted octanol–water partition coefficient (Wildman–Crippen LogP) is 7.12. The summed E-state index contributed by atoms with van der Waals surface area (Å²) in [6.07, 6.45) is 4.22. The number of nitro groups is 1. The fourth-order valence-electron chi connectivity index (χ4n) is 4.92. The van der Waals surface area contributed by atoms with Crippen LogP contribution in [0.4, 0.5) is 17.2 Å². The van der Waals surface area contributed by atoms with Crippen molar-refractivity contribution in [2.24, 2.45) is 0 Å². The van der Waals surface area contributed by atoms with E-state index in [0.717, 1.165) is 58.7 Å². The van der Waals surface area contributed by atoms with Gasteiger partial charge in [0.1, 0.15) is 17.2 Å². The normalized spacial score (nSPS) is 10.8. The molecule has 0 aliphatic rings. The molecule has 4 rings (SSSR count). The van der Waals surface area contributed by atoms with Crippen LogP contribution in [0.1, 0.15) is 54.1 Å². The molecule has 8 nitrogen and oxygen atoms in total. The molecule has 0 saturated heterocycles. The molecule has 214 valence electrons. The number of unbranched alkanes of at least 4 members (excludes halogenated alkanes) is 2. The van der Waals surface area contributed by atoms with Crippen LogP contribution in [0, 0.1) is 10.1 Å². The topological polar surface area (TPSA) is 104 Å². The van der Waals surface area contributed by atoms with Gasteiger partial charge in [0.05, 0.1) is 19.1 Å². The Kier molecular flexibility index (Phi) is 10.2. The van der Waals surface area contributed by atoms with Gasteiger partial charge in [0.25, 0.3) is 0 Å². The zero-order valence-corrected chi connectivity index (χ0v) is 24.0. The zero-order chi connectivity index (χ0) is 29.2. The van der Waals surface area contributed by atoms with Crippen LogP contribution in [0.15, 0.2) is 78.9 Å². The fourth-order valence-corrected chi connectivity index (χ4v) is 4.92. The smallest absolute Gasteiger partial charge is 0.334 e. The number of pyridine rings is 1. The quantitative estimate of drug-likeness (QED) is 0.101. The van der Waals surface area contributed by atoms with Crippen molar-refractivity contribution in [1.82, 2.24) is 4.98 Å². The zero-order valence-electron chi connectivity index (χ0n) is 24.0. The minimum Gasteiger partial charge on any atom is -0.497 e. The third kappa shape index (κ3) is 7.54. The number of nitrogen functional groups attached to an aromatic ring is 1. The van der Waals surface area contributed by atoms with E-state index in [1.165, 1.54) is 0 Å². The first-order valence-corrected chi connectivity index (χ1v) is 13.9. The highest BCUT2D eigenvalue weighted by atomic mass is 16.6. The van der Waals surface area contributed by atoms with Crippen LogP contribution in [0.3, 0.4) is 0 Å². The molecule has 0 amide bonds. The van der Waals surface area contributed by atoms with E-state index in [2.05, 4.69) is 6.92 Å². The number of ether oxygens (including phenoxy) is 2. The maximum Gasteiger partial charge on any atom is 0.334 e. The van der Waals surface area contributed by atoms with Crippen LogP contribution >= 0.6 is 0 Å². The Bertz CT molecular complexity index is 1380. The molecule has 41 heavy (non-hydrogen) atoms. The first kappa shape index (κ1) is 29.4.